The minimum Gasteiger partial charge on any atom is -0.490 e. The van der Waals surface area contributed by atoms with Crippen molar-refractivity contribution in [3.63, 3.8) is 0 Å². The van der Waals surface area contributed by atoms with Gasteiger partial charge in [0.1, 0.15) is 6.61 Å². The molecule has 3 rings (SSSR count). The Morgan fingerprint density at radius 3 is 2.43 bits per heavy atom. The molecule has 0 aliphatic carbocycles. The molecule has 0 heterocycles. The van der Waals surface area contributed by atoms with Crippen LogP contribution in [0, 0.1) is 0 Å². The average Bonchev–Trinajstić information content (AvgIpc) is 2.73. The van der Waals surface area contributed by atoms with E-state index in [0.717, 1.165) is 11.1 Å². The molecule has 0 saturated heterocycles. The second-order valence-electron chi connectivity index (χ2n) is 6.08. The molecule has 0 bridgehead atoms. The van der Waals surface area contributed by atoms with Crippen molar-refractivity contribution < 1.29 is 14.3 Å². The van der Waals surface area contributed by atoms with Crippen LogP contribution in [-0.4, -0.2) is 12.4 Å². The lowest BCUT2D eigenvalue weighted by molar-refractivity contribution is 0.104. The highest BCUT2D eigenvalue weighted by Crippen LogP contribution is 2.30. The molecule has 0 aromatic heterocycles. The van der Waals surface area contributed by atoms with Crippen LogP contribution in [0.4, 0.5) is 0 Å². The van der Waals surface area contributed by atoms with Crippen LogP contribution < -0.4 is 9.47 Å². The van der Waals surface area contributed by atoms with Gasteiger partial charge in [0.25, 0.3) is 0 Å². The molecule has 4 heteroatoms. The van der Waals surface area contributed by atoms with Crippen LogP contribution in [0.5, 0.6) is 11.5 Å². The second kappa shape index (κ2) is 9.77. The highest BCUT2D eigenvalue weighted by atomic mass is 35.5. The molecule has 3 nitrogen and oxygen atoms in total. The monoisotopic (exact) mass is 392 g/mol. The third kappa shape index (κ3) is 5.24. The summed E-state index contributed by atoms with van der Waals surface area (Å²) in [7, 11) is 0. The van der Waals surface area contributed by atoms with Gasteiger partial charge in [-0.15, -0.1) is 0 Å². The van der Waals surface area contributed by atoms with Crippen molar-refractivity contribution >= 4 is 23.5 Å². The van der Waals surface area contributed by atoms with Gasteiger partial charge in [-0.25, -0.2) is 0 Å². The molecular weight excluding hydrogens is 372 g/mol. The number of rotatable bonds is 8. The second-order valence-corrected chi connectivity index (χ2v) is 6.49. The van der Waals surface area contributed by atoms with Crippen molar-refractivity contribution in [1.29, 1.82) is 0 Å². The molecule has 0 saturated carbocycles. The first-order valence-corrected chi connectivity index (χ1v) is 9.45. The van der Waals surface area contributed by atoms with Gasteiger partial charge >= 0.3 is 0 Å². The van der Waals surface area contributed by atoms with Gasteiger partial charge in [0.2, 0.25) is 0 Å². The van der Waals surface area contributed by atoms with E-state index < -0.39 is 0 Å². The summed E-state index contributed by atoms with van der Waals surface area (Å²) in [6, 6.07) is 22.3. The summed E-state index contributed by atoms with van der Waals surface area (Å²) in [4.78, 5) is 12.2. The Bertz CT molecular complexity index is 965. The number of hydrogen-bond acceptors (Lipinski definition) is 3. The molecule has 28 heavy (non-hydrogen) atoms. The molecule has 0 aliphatic rings. The number of ketones is 1. The van der Waals surface area contributed by atoms with E-state index in [1.54, 1.807) is 24.3 Å². The normalized spacial score (nSPS) is 10.8. The van der Waals surface area contributed by atoms with E-state index in [4.69, 9.17) is 21.1 Å². The Morgan fingerprint density at radius 1 is 0.929 bits per heavy atom. The molecule has 0 atom stereocenters. The van der Waals surface area contributed by atoms with E-state index in [1.165, 1.54) is 0 Å². The van der Waals surface area contributed by atoms with Crippen molar-refractivity contribution in [2.24, 2.45) is 0 Å². The molecule has 3 aromatic carbocycles. The number of halogens is 1. The van der Waals surface area contributed by atoms with Gasteiger partial charge in [0, 0.05) is 16.1 Å². The van der Waals surface area contributed by atoms with E-state index in [1.807, 2.05) is 67.6 Å². The van der Waals surface area contributed by atoms with E-state index >= 15 is 0 Å². The third-order valence-electron chi connectivity index (χ3n) is 4.09. The van der Waals surface area contributed by atoms with Crippen molar-refractivity contribution in [2.75, 3.05) is 6.61 Å². The minimum atomic E-state index is -0.0439. The maximum atomic E-state index is 12.2. The molecule has 0 unspecified atom stereocenters. The number of ether oxygens (including phenoxy) is 2. The first kappa shape index (κ1) is 19.7. The fourth-order valence-electron chi connectivity index (χ4n) is 2.66. The average molecular weight is 393 g/mol. The van der Waals surface area contributed by atoms with E-state index in [9.17, 15) is 4.79 Å². The van der Waals surface area contributed by atoms with Crippen molar-refractivity contribution in [2.45, 2.75) is 13.5 Å². The smallest absolute Gasteiger partial charge is 0.185 e. The van der Waals surface area contributed by atoms with Crippen LogP contribution >= 0.6 is 11.6 Å². The Labute approximate surface area is 170 Å². The summed E-state index contributed by atoms with van der Waals surface area (Å²) < 4.78 is 11.6. The molecule has 0 fully saturated rings. The van der Waals surface area contributed by atoms with Gasteiger partial charge in [-0.2, -0.15) is 0 Å². The standard InChI is InChI=1S/C24H21ClO3/c1-2-27-24-16-18(12-14-22(26)19-8-4-3-5-9-19)13-15-23(24)28-17-20-10-6-7-11-21(20)25/h3-16H,2,17H2,1H3/b14-12+. The van der Waals surface area contributed by atoms with Crippen molar-refractivity contribution in [1.82, 2.24) is 0 Å². The van der Waals surface area contributed by atoms with Gasteiger partial charge in [-0.3, -0.25) is 4.79 Å². The summed E-state index contributed by atoms with van der Waals surface area (Å²) in [5, 5.41) is 0.666. The number of carbonyl (C=O) groups excluding carboxylic acids is 1. The maximum Gasteiger partial charge on any atom is 0.185 e. The van der Waals surface area contributed by atoms with Crippen molar-refractivity contribution in [3.8, 4) is 11.5 Å². The minimum absolute atomic E-state index is 0.0439. The van der Waals surface area contributed by atoms with E-state index in [-0.39, 0.29) is 5.78 Å². The zero-order valence-electron chi connectivity index (χ0n) is 15.6. The van der Waals surface area contributed by atoms with Crippen LogP contribution in [0.15, 0.2) is 78.9 Å². The molecule has 142 valence electrons. The Kier molecular flexibility index (Phi) is 6.88. The lowest BCUT2D eigenvalue weighted by Crippen LogP contribution is -2.00. The zero-order valence-corrected chi connectivity index (χ0v) is 16.4. The quantitative estimate of drug-likeness (QED) is 0.337. The lowest BCUT2D eigenvalue weighted by Gasteiger charge is -2.13. The largest absolute Gasteiger partial charge is 0.490 e. The third-order valence-corrected chi connectivity index (χ3v) is 4.46. The van der Waals surface area contributed by atoms with Gasteiger partial charge in [-0.1, -0.05) is 72.3 Å². The summed E-state index contributed by atoms with van der Waals surface area (Å²) >= 11 is 6.19. The molecule has 0 aliphatic heterocycles. The van der Waals surface area contributed by atoms with E-state index in [0.29, 0.717) is 35.3 Å². The number of benzene rings is 3. The molecule has 3 aromatic rings. The molecule has 0 N–H and O–H groups in total. The fourth-order valence-corrected chi connectivity index (χ4v) is 2.85. The first-order valence-electron chi connectivity index (χ1n) is 9.08. The fraction of sp³-hybridized carbons (Fsp3) is 0.125. The SMILES string of the molecule is CCOc1cc(/C=C/C(=O)c2ccccc2)ccc1OCc1ccccc1Cl. The van der Waals surface area contributed by atoms with Gasteiger partial charge < -0.3 is 9.47 Å². The Balaban J connectivity index is 1.74. The number of allylic oxidation sites excluding steroid dienone is 1. The van der Waals surface area contributed by atoms with Crippen LogP contribution in [0.2, 0.25) is 5.02 Å². The van der Waals surface area contributed by atoms with Crippen LogP contribution in [0.25, 0.3) is 6.08 Å². The topological polar surface area (TPSA) is 35.5 Å². The van der Waals surface area contributed by atoms with Gasteiger partial charge in [-0.05, 0) is 36.8 Å². The summed E-state index contributed by atoms with van der Waals surface area (Å²) in [5.41, 5.74) is 2.42. The number of carbonyl (C=O) groups is 1. The Hall–Kier alpha value is -3.04. The first-order chi connectivity index (χ1) is 13.7. The lowest BCUT2D eigenvalue weighted by atomic mass is 10.1. The van der Waals surface area contributed by atoms with Gasteiger partial charge in [0.15, 0.2) is 17.3 Å². The highest BCUT2D eigenvalue weighted by Gasteiger charge is 2.08. The number of hydrogen-bond donors (Lipinski definition) is 0. The predicted octanol–water partition coefficient (Wildman–Crippen LogP) is 6.21. The molecule has 0 spiro atoms. The van der Waals surface area contributed by atoms with E-state index in [2.05, 4.69) is 0 Å². The van der Waals surface area contributed by atoms with Crippen LogP contribution in [-0.2, 0) is 6.61 Å². The molecular formula is C24H21ClO3. The zero-order chi connectivity index (χ0) is 19.8. The summed E-state index contributed by atoms with van der Waals surface area (Å²) in [6.07, 6.45) is 3.33. The predicted molar refractivity (Wildman–Crippen MR) is 113 cm³/mol. The maximum absolute atomic E-state index is 12.2. The summed E-state index contributed by atoms with van der Waals surface area (Å²) in [5.74, 6) is 1.22. The molecule has 0 amide bonds. The molecule has 0 radical (unpaired) electrons. The highest BCUT2D eigenvalue weighted by molar-refractivity contribution is 6.31. The van der Waals surface area contributed by atoms with Crippen molar-refractivity contribution in [3.05, 3.63) is 101 Å². The van der Waals surface area contributed by atoms with Crippen LogP contribution in [0.1, 0.15) is 28.4 Å². The Morgan fingerprint density at radius 2 is 1.68 bits per heavy atom. The summed E-state index contributed by atoms with van der Waals surface area (Å²) in [6.45, 7) is 2.78. The van der Waals surface area contributed by atoms with Crippen LogP contribution in [0.3, 0.4) is 0 Å². The van der Waals surface area contributed by atoms with Gasteiger partial charge in [0.05, 0.1) is 6.61 Å².